The minimum atomic E-state index is -0.798. The van der Waals surface area contributed by atoms with E-state index in [4.69, 9.17) is 11.6 Å². The zero-order valence-electron chi connectivity index (χ0n) is 16.9. The van der Waals surface area contributed by atoms with Gasteiger partial charge in [-0.05, 0) is 54.4 Å². The van der Waals surface area contributed by atoms with Gasteiger partial charge in [0.15, 0.2) is 5.13 Å². The summed E-state index contributed by atoms with van der Waals surface area (Å²) in [6.45, 7) is 1.99. The molecule has 0 saturated carbocycles. The van der Waals surface area contributed by atoms with Gasteiger partial charge in [-0.3, -0.25) is 14.5 Å². The third kappa shape index (κ3) is 3.38. The van der Waals surface area contributed by atoms with Gasteiger partial charge in [0, 0.05) is 10.6 Å². The second-order valence-electron chi connectivity index (χ2n) is 7.55. The highest BCUT2D eigenvalue weighted by atomic mass is 35.5. The monoisotopic (exact) mass is 460 g/mol. The van der Waals surface area contributed by atoms with E-state index < -0.39 is 17.7 Å². The lowest BCUT2D eigenvalue weighted by Crippen LogP contribution is -2.29. The Kier molecular flexibility index (Phi) is 5.04. The molecule has 1 amide bonds. The zero-order chi connectivity index (χ0) is 22.4. The van der Waals surface area contributed by atoms with E-state index in [1.54, 1.807) is 24.3 Å². The molecule has 0 bridgehead atoms. The summed E-state index contributed by atoms with van der Waals surface area (Å²) in [5, 5.41) is 12.0. The first kappa shape index (κ1) is 20.4. The number of amides is 1. The fourth-order valence-corrected chi connectivity index (χ4v) is 5.08. The first-order chi connectivity index (χ1) is 15.4. The molecule has 3 aromatic carbocycles. The summed E-state index contributed by atoms with van der Waals surface area (Å²) in [5.41, 5.74) is 2.98. The van der Waals surface area contributed by atoms with E-state index in [0.717, 1.165) is 15.8 Å². The second kappa shape index (κ2) is 7.89. The number of Topliss-reactive ketones (excluding diaryl/α,β-unsaturated/α-hetero) is 1. The van der Waals surface area contributed by atoms with Crippen LogP contribution in [0.4, 0.5) is 5.13 Å². The lowest BCUT2D eigenvalue weighted by atomic mass is 9.95. The quantitative estimate of drug-likeness (QED) is 0.235. The Balaban J connectivity index is 1.72. The molecule has 5 nitrogen and oxygen atoms in total. The van der Waals surface area contributed by atoms with Crippen LogP contribution in [0.25, 0.3) is 16.0 Å². The summed E-state index contributed by atoms with van der Waals surface area (Å²) in [4.78, 5) is 32.4. The van der Waals surface area contributed by atoms with Crippen LogP contribution in [0.2, 0.25) is 5.02 Å². The fourth-order valence-electron chi connectivity index (χ4n) is 3.87. The number of nitrogens with zero attached hydrogens (tertiary/aromatic N) is 2. The molecule has 1 saturated heterocycles. The predicted molar refractivity (Wildman–Crippen MR) is 127 cm³/mol. The number of ketones is 1. The lowest BCUT2D eigenvalue weighted by molar-refractivity contribution is -0.132. The zero-order valence-corrected chi connectivity index (χ0v) is 18.5. The van der Waals surface area contributed by atoms with Gasteiger partial charge in [-0.15, -0.1) is 0 Å². The highest BCUT2D eigenvalue weighted by molar-refractivity contribution is 7.22. The molecule has 1 aliphatic heterocycles. The number of fused-ring (bicyclic) bond motifs is 1. The number of aromatic nitrogens is 1. The third-order valence-corrected chi connectivity index (χ3v) is 6.69. The van der Waals surface area contributed by atoms with Crippen LogP contribution in [0.3, 0.4) is 0 Å². The number of thiazole rings is 1. The van der Waals surface area contributed by atoms with Crippen molar-refractivity contribution in [3.05, 3.63) is 100 Å². The summed E-state index contributed by atoms with van der Waals surface area (Å²) >= 11 is 7.32. The number of halogens is 1. The minimum Gasteiger partial charge on any atom is -0.507 e. The second-order valence-corrected chi connectivity index (χ2v) is 9.00. The highest BCUT2D eigenvalue weighted by Crippen LogP contribution is 2.44. The topological polar surface area (TPSA) is 70.5 Å². The van der Waals surface area contributed by atoms with Gasteiger partial charge in [-0.2, -0.15) is 0 Å². The van der Waals surface area contributed by atoms with Crippen LogP contribution in [-0.2, 0) is 9.59 Å². The van der Waals surface area contributed by atoms with Crippen molar-refractivity contribution in [1.82, 2.24) is 4.98 Å². The van der Waals surface area contributed by atoms with Crippen LogP contribution in [0, 0.1) is 6.92 Å². The van der Waals surface area contributed by atoms with Crippen LogP contribution in [0.15, 0.2) is 78.4 Å². The van der Waals surface area contributed by atoms with E-state index >= 15 is 0 Å². The number of aliphatic hydroxyl groups excluding tert-OH is 1. The van der Waals surface area contributed by atoms with Crippen molar-refractivity contribution in [3.8, 4) is 0 Å². The van der Waals surface area contributed by atoms with Crippen LogP contribution in [0.5, 0.6) is 0 Å². The number of carbonyl (C=O) groups is 2. The Bertz CT molecular complexity index is 1390. The van der Waals surface area contributed by atoms with Gasteiger partial charge in [0.1, 0.15) is 5.76 Å². The number of carbonyl (C=O) groups excluding carboxylic acids is 2. The van der Waals surface area contributed by atoms with Crippen LogP contribution in [-0.4, -0.2) is 21.8 Å². The lowest BCUT2D eigenvalue weighted by Gasteiger charge is -2.22. The highest BCUT2D eigenvalue weighted by Gasteiger charge is 2.48. The maximum absolute atomic E-state index is 13.2. The van der Waals surface area contributed by atoms with E-state index in [1.165, 1.54) is 16.2 Å². The number of hydrogen-bond acceptors (Lipinski definition) is 5. The Hall–Kier alpha value is -3.48. The van der Waals surface area contributed by atoms with E-state index in [2.05, 4.69) is 4.98 Å². The van der Waals surface area contributed by atoms with Crippen molar-refractivity contribution >= 4 is 55.7 Å². The van der Waals surface area contributed by atoms with E-state index in [9.17, 15) is 14.7 Å². The largest absolute Gasteiger partial charge is 0.507 e. The van der Waals surface area contributed by atoms with Crippen LogP contribution >= 0.6 is 22.9 Å². The first-order valence-electron chi connectivity index (χ1n) is 9.93. The van der Waals surface area contributed by atoms with E-state index in [-0.39, 0.29) is 11.3 Å². The van der Waals surface area contributed by atoms with Crippen molar-refractivity contribution in [2.45, 2.75) is 13.0 Å². The number of anilines is 1. The van der Waals surface area contributed by atoms with Gasteiger partial charge in [-0.1, -0.05) is 59.3 Å². The fraction of sp³-hybridized carbons (Fsp3) is 0.0800. The number of aliphatic hydroxyl groups is 1. The van der Waals surface area contributed by atoms with Gasteiger partial charge in [0.2, 0.25) is 0 Å². The molecule has 2 heterocycles. The normalized spacial score (nSPS) is 17.9. The predicted octanol–water partition coefficient (Wildman–Crippen LogP) is 5.88. The molecule has 1 atom stereocenters. The van der Waals surface area contributed by atoms with Crippen molar-refractivity contribution in [1.29, 1.82) is 0 Å². The SMILES string of the molecule is Cc1ccc2nc(N3C(=O)C(=O)C(=C(O)c4ccc(Cl)cc4)[C@H]3c3ccccc3)sc2c1. The van der Waals surface area contributed by atoms with Gasteiger partial charge in [0.25, 0.3) is 5.78 Å². The molecule has 0 radical (unpaired) electrons. The molecule has 1 aliphatic rings. The molecule has 1 aromatic heterocycles. The maximum atomic E-state index is 13.2. The minimum absolute atomic E-state index is 0.0268. The molecular formula is C25H17ClN2O3S. The number of hydrogen-bond donors (Lipinski definition) is 1. The van der Waals surface area contributed by atoms with Gasteiger partial charge >= 0.3 is 5.91 Å². The summed E-state index contributed by atoms with van der Waals surface area (Å²) in [5.74, 6) is -1.71. The summed E-state index contributed by atoms with van der Waals surface area (Å²) in [6.07, 6.45) is 0. The third-order valence-electron chi connectivity index (χ3n) is 5.42. The van der Waals surface area contributed by atoms with Crippen molar-refractivity contribution in [2.75, 3.05) is 4.90 Å². The average molecular weight is 461 g/mol. The van der Waals surface area contributed by atoms with Gasteiger partial charge in [0.05, 0.1) is 21.8 Å². The number of aryl methyl sites for hydroxylation is 1. The molecule has 1 fully saturated rings. The molecule has 4 aromatic rings. The first-order valence-corrected chi connectivity index (χ1v) is 11.1. The average Bonchev–Trinajstić information content (AvgIpc) is 3.32. The van der Waals surface area contributed by atoms with Crippen LogP contribution in [0.1, 0.15) is 22.7 Å². The van der Waals surface area contributed by atoms with Crippen molar-refractivity contribution in [3.63, 3.8) is 0 Å². The van der Waals surface area contributed by atoms with E-state index in [0.29, 0.717) is 21.3 Å². The molecular weight excluding hydrogens is 444 g/mol. The molecule has 0 unspecified atom stereocenters. The van der Waals surface area contributed by atoms with Crippen LogP contribution < -0.4 is 4.90 Å². The Morgan fingerprint density at radius 3 is 2.47 bits per heavy atom. The summed E-state index contributed by atoms with van der Waals surface area (Å²) < 4.78 is 0.923. The molecule has 7 heteroatoms. The molecule has 1 N–H and O–H groups in total. The van der Waals surface area contributed by atoms with Gasteiger partial charge in [-0.25, -0.2) is 4.98 Å². The Labute approximate surface area is 193 Å². The van der Waals surface area contributed by atoms with Crippen molar-refractivity contribution in [2.24, 2.45) is 0 Å². The Morgan fingerprint density at radius 1 is 1.03 bits per heavy atom. The Morgan fingerprint density at radius 2 is 1.75 bits per heavy atom. The summed E-state index contributed by atoms with van der Waals surface area (Å²) in [7, 11) is 0. The van der Waals surface area contributed by atoms with Gasteiger partial charge < -0.3 is 5.11 Å². The molecule has 158 valence electrons. The molecule has 0 spiro atoms. The molecule has 32 heavy (non-hydrogen) atoms. The van der Waals surface area contributed by atoms with Crippen molar-refractivity contribution < 1.29 is 14.7 Å². The smallest absolute Gasteiger partial charge is 0.301 e. The number of rotatable bonds is 3. The summed E-state index contributed by atoms with van der Waals surface area (Å²) in [6, 6.07) is 20.7. The standard InChI is InChI=1S/C25H17ClN2O3S/c1-14-7-12-18-19(13-14)32-25(27-18)28-21(15-5-3-2-4-6-15)20(23(30)24(28)31)22(29)16-8-10-17(26)11-9-16/h2-13,21,29H,1H3/t21-/m1/s1. The number of benzene rings is 3. The molecule has 5 rings (SSSR count). The molecule has 0 aliphatic carbocycles. The maximum Gasteiger partial charge on any atom is 0.301 e. The van der Waals surface area contributed by atoms with E-state index in [1.807, 2.05) is 55.5 Å².